The maximum absolute atomic E-state index is 5.63. The standard InChI is InChI=1S/C10H23N2OPS2/c1-5-8-16-14(15,13-7-3)12-9-11-10(4)6-2/h9-10H,5-8H2,1-4H3,(H,11,12,15). The van der Waals surface area contributed by atoms with Crippen molar-refractivity contribution in [2.45, 2.75) is 46.6 Å². The van der Waals surface area contributed by atoms with Crippen LogP contribution in [0.15, 0.2) is 4.99 Å². The van der Waals surface area contributed by atoms with Crippen LogP contribution in [0.5, 0.6) is 0 Å². The van der Waals surface area contributed by atoms with Gasteiger partial charge in [-0.25, -0.2) is 0 Å². The lowest BCUT2D eigenvalue weighted by molar-refractivity contribution is 0.383. The van der Waals surface area contributed by atoms with Crippen LogP contribution in [0, 0.1) is 0 Å². The lowest BCUT2D eigenvalue weighted by Crippen LogP contribution is -2.10. The molecule has 6 heteroatoms. The number of rotatable bonds is 9. The molecule has 16 heavy (non-hydrogen) atoms. The Morgan fingerprint density at radius 3 is 2.69 bits per heavy atom. The van der Waals surface area contributed by atoms with E-state index >= 15 is 0 Å². The first kappa shape index (κ1) is 16.4. The van der Waals surface area contributed by atoms with Gasteiger partial charge in [-0.3, -0.25) is 4.99 Å². The zero-order valence-corrected chi connectivity index (χ0v) is 13.1. The van der Waals surface area contributed by atoms with Crippen LogP contribution in [0.4, 0.5) is 0 Å². The maximum atomic E-state index is 5.63. The third-order valence-corrected chi connectivity index (χ3v) is 7.64. The van der Waals surface area contributed by atoms with Crippen molar-refractivity contribution in [3.63, 3.8) is 0 Å². The van der Waals surface area contributed by atoms with Gasteiger partial charge in [0.25, 0.3) is 0 Å². The van der Waals surface area contributed by atoms with Gasteiger partial charge in [0.2, 0.25) is 5.62 Å². The smallest absolute Gasteiger partial charge is 0.211 e. The van der Waals surface area contributed by atoms with E-state index in [1.165, 1.54) is 0 Å². The molecular formula is C10H23N2OPS2. The molecule has 2 atom stereocenters. The normalized spacial score (nSPS) is 17.2. The Labute approximate surface area is 109 Å². The Balaban J connectivity index is 4.21. The minimum atomic E-state index is -1.95. The van der Waals surface area contributed by atoms with Gasteiger partial charge < -0.3 is 9.61 Å². The van der Waals surface area contributed by atoms with E-state index in [0.717, 1.165) is 18.6 Å². The van der Waals surface area contributed by atoms with Crippen LogP contribution in [0.2, 0.25) is 0 Å². The van der Waals surface area contributed by atoms with Crippen LogP contribution in [-0.2, 0) is 16.3 Å². The summed E-state index contributed by atoms with van der Waals surface area (Å²) < 4.78 is 5.63. The fourth-order valence-corrected chi connectivity index (χ4v) is 5.33. The first-order valence-corrected chi connectivity index (χ1v) is 10.1. The summed E-state index contributed by atoms with van der Waals surface area (Å²) in [6, 6.07) is 0.341. The van der Waals surface area contributed by atoms with Crippen molar-refractivity contribution >= 4 is 35.1 Å². The van der Waals surface area contributed by atoms with Crippen molar-refractivity contribution in [3.05, 3.63) is 0 Å². The Morgan fingerprint density at radius 1 is 1.50 bits per heavy atom. The molecule has 0 aliphatic heterocycles. The molecule has 0 heterocycles. The fraction of sp³-hybridized carbons (Fsp3) is 0.900. The van der Waals surface area contributed by atoms with E-state index < -0.39 is 5.62 Å². The summed E-state index contributed by atoms with van der Waals surface area (Å²) in [5, 5.41) is 3.17. The highest BCUT2D eigenvalue weighted by Crippen LogP contribution is 2.55. The molecule has 96 valence electrons. The second-order valence-electron chi connectivity index (χ2n) is 3.41. The lowest BCUT2D eigenvalue weighted by Gasteiger charge is -2.20. The minimum absolute atomic E-state index is 0.341. The predicted molar refractivity (Wildman–Crippen MR) is 80.0 cm³/mol. The van der Waals surface area contributed by atoms with Crippen molar-refractivity contribution in [1.29, 1.82) is 0 Å². The van der Waals surface area contributed by atoms with Crippen molar-refractivity contribution in [2.24, 2.45) is 4.99 Å². The topological polar surface area (TPSA) is 33.6 Å². The number of aliphatic imine (C=N–C) groups is 1. The van der Waals surface area contributed by atoms with Gasteiger partial charge in [0.05, 0.1) is 12.9 Å². The monoisotopic (exact) mass is 282 g/mol. The van der Waals surface area contributed by atoms with Gasteiger partial charge in [0, 0.05) is 11.8 Å². The molecule has 0 bridgehead atoms. The molecule has 1 N–H and O–H groups in total. The number of nitrogens with zero attached hydrogens (tertiary/aromatic N) is 1. The molecule has 0 fully saturated rings. The molecule has 0 radical (unpaired) electrons. The summed E-state index contributed by atoms with van der Waals surface area (Å²) in [6.07, 6.45) is 3.88. The highest BCUT2D eigenvalue weighted by Gasteiger charge is 2.15. The van der Waals surface area contributed by atoms with Crippen LogP contribution < -0.4 is 5.09 Å². The van der Waals surface area contributed by atoms with Crippen LogP contribution in [-0.4, -0.2) is 24.7 Å². The van der Waals surface area contributed by atoms with Crippen molar-refractivity contribution in [1.82, 2.24) is 5.09 Å². The molecule has 0 aromatic rings. The van der Waals surface area contributed by atoms with E-state index in [4.69, 9.17) is 16.3 Å². The summed E-state index contributed by atoms with van der Waals surface area (Å²) in [5.41, 5.74) is -1.95. The van der Waals surface area contributed by atoms with Crippen molar-refractivity contribution in [3.8, 4) is 0 Å². The van der Waals surface area contributed by atoms with E-state index in [0.29, 0.717) is 12.6 Å². The quantitative estimate of drug-likeness (QED) is 0.396. The van der Waals surface area contributed by atoms with Gasteiger partial charge in [0.15, 0.2) is 0 Å². The van der Waals surface area contributed by atoms with Gasteiger partial charge >= 0.3 is 0 Å². The molecule has 3 nitrogen and oxygen atoms in total. The number of hydrogen-bond donors (Lipinski definition) is 1. The first-order valence-electron chi connectivity index (χ1n) is 5.76. The SMILES string of the molecule is CCCSP(=S)(NC=NC(C)CC)OCC. The maximum Gasteiger partial charge on any atom is 0.211 e. The summed E-state index contributed by atoms with van der Waals surface area (Å²) in [7, 11) is 0. The first-order chi connectivity index (χ1) is 7.58. The molecule has 0 aliphatic rings. The average Bonchev–Trinajstić information content (AvgIpc) is 2.26. The van der Waals surface area contributed by atoms with Gasteiger partial charge in [0.1, 0.15) is 0 Å². The molecule has 0 saturated carbocycles. The molecule has 2 unspecified atom stereocenters. The van der Waals surface area contributed by atoms with Crippen LogP contribution in [0.25, 0.3) is 0 Å². The second kappa shape index (κ2) is 9.46. The van der Waals surface area contributed by atoms with E-state index in [1.54, 1.807) is 17.7 Å². The summed E-state index contributed by atoms with van der Waals surface area (Å²) in [5.74, 6) is 1.03. The summed E-state index contributed by atoms with van der Waals surface area (Å²) >= 11 is 7.21. The van der Waals surface area contributed by atoms with E-state index in [2.05, 4.69) is 30.9 Å². The molecule has 0 spiro atoms. The van der Waals surface area contributed by atoms with Gasteiger partial charge in [-0.2, -0.15) is 0 Å². The Bertz CT molecular complexity index is 249. The largest absolute Gasteiger partial charge is 0.327 e. The molecule has 0 amide bonds. The van der Waals surface area contributed by atoms with E-state index in [1.807, 2.05) is 6.92 Å². The average molecular weight is 282 g/mol. The van der Waals surface area contributed by atoms with Crippen LogP contribution in [0.3, 0.4) is 0 Å². The molecule has 0 aliphatic carbocycles. The predicted octanol–water partition coefficient (Wildman–Crippen LogP) is 3.81. The zero-order chi connectivity index (χ0) is 12.4. The highest BCUT2D eigenvalue weighted by molar-refractivity contribution is 8.68. The minimum Gasteiger partial charge on any atom is -0.327 e. The second-order valence-corrected chi connectivity index (χ2v) is 10.1. The fourth-order valence-electron chi connectivity index (χ4n) is 0.830. The summed E-state index contributed by atoms with van der Waals surface area (Å²) in [4.78, 5) is 4.35. The molecule has 0 aromatic carbocycles. The molecule has 0 aromatic heterocycles. The number of nitrogens with one attached hydrogen (secondary N) is 1. The molecule has 0 saturated heterocycles. The zero-order valence-electron chi connectivity index (χ0n) is 10.6. The Hall–Kier alpha value is 0.430. The summed E-state index contributed by atoms with van der Waals surface area (Å²) in [6.45, 7) is 8.97. The van der Waals surface area contributed by atoms with Gasteiger partial charge in [-0.15, -0.1) is 0 Å². The third-order valence-electron chi connectivity index (χ3n) is 1.90. The lowest BCUT2D eigenvalue weighted by atomic mass is 10.3. The van der Waals surface area contributed by atoms with Gasteiger partial charge in [-0.05, 0) is 38.5 Å². The van der Waals surface area contributed by atoms with Crippen molar-refractivity contribution < 1.29 is 4.52 Å². The molecular weight excluding hydrogens is 259 g/mol. The highest BCUT2D eigenvalue weighted by atomic mass is 32.9. The van der Waals surface area contributed by atoms with E-state index in [9.17, 15) is 0 Å². The van der Waals surface area contributed by atoms with Crippen molar-refractivity contribution in [2.75, 3.05) is 12.4 Å². The third kappa shape index (κ3) is 7.66. The van der Waals surface area contributed by atoms with Crippen LogP contribution in [0.1, 0.15) is 40.5 Å². The Kier molecular flexibility index (Phi) is 9.71. The van der Waals surface area contributed by atoms with E-state index in [-0.39, 0.29) is 0 Å². The molecule has 0 rings (SSSR count). The number of hydrogen-bond acceptors (Lipinski definition) is 4. The van der Waals surface area contributed by atoms with Gasteiger partial charge in [-0.1, -0.05) is 25.2 Å². The Morgan fingerprint density at radius 2 is 2.19 bits per heavy atom. The van der Waals surface area contributed by atoms with Crippen LogP contribution >= 0.6 is 17.0 Å².